The summed E-state index contributed by atoms with van der Waals surface area (Å²) in [6, 6.07) is 4.65. The fourth-order valence-corrected chi connectivity index (χ4v) is 2.59. The summed E-state index contributed by atoms with van der Waals surface area (Å²) in [4.78, 5) is 34.8. The number of rotatable bonds is 4. The molecule has 24 heavy (non-hydrogen) atoms. The van der Waals surface area contributed by atoms with Crippen molar-refractivity contribution in [3.8, 4) is 0 Å². The van der Waals surface area contributed by atoms with Gasteiger partial charge in [0, 0.05) is 17.1 Å². The maximum absolute atomic E-state index is 11.9. The van der Waals surface area contributed by atoms with Crippen LogP contribution in [-0.4, -0.2) is 29.4 Å². The van der Waals surface area contributed by atoms with E-state index in [2.05, 4.69) is 10.6 Å². The molecule has 7 heteroatoms. The van der Waals surface area contributed by atoms with Crippen molar-refractivity contribution in [3.63, 3.8) is 0 Å². The molecule has 6 nitrogen and oxygen atoms in total. The molecule has 1 saturated heterocycles. The van der Waals surface area contributed by atoms with E-state index >= 15 is 0 Å². The summed E-state index contributed by atoms with van der Waals surface area (Å²) in [5, 5.41) is 5.75. The number of carbonyl (C=O) groups is 3. The van der Waals surface area contributed by atoms with Crippen LogP contribution in [0.3, 0.4) is 0 Å². The molecule has 1 heterocycles. The average Bonchev–Trinajstić information content (AvgIpc) is 2.43. The Morgan fingerprint density at radius 3 is 2.67 bits per heavy atom. The molecule has 2 amide bonds. The Hall–Kier alpha value is -2.08. The molecule has 0 aliphatic carbocycles. The van der Waals surface area contributed by atoms with Crippen molar-refractivity contribution in [2.24, 2.45) is 0 Å². The molecule has 1 aliphatic heterocycles. The van der Waals surface area contributed by atoms with Gasteiger partial charge in [-0.2, -0.15) is 0 Å². The lowest BCUT2D eigenvalue weighted by Crippen LogP contribution is -2.47. The molecule has 0 bridgehead atoms. The standard InChI is InChI=1S/C17H21ClN2O4/c1-17(2,3)24-15(22)8-10-4-5-11(9-12(10)18)19-13-6-7-14(21)20-16(13)23/h4-5,9,13,19H,6-8H2,1-3H3,(H,20,21,23). The number of benzene rings is 1. The van der Waals surface area contributed by atoms with E-state index in [9.17, 15) is 14.4 Å². The second-order valence-corrected chi connectivity index (χ2v) is 7.12. The van der Waals surface area contributed by atoms with Crippen LogP contribution in [-0.2, 0) is 25.5 Å². The molecule has 1 aromatic rings. The normalized spacial score (nSPS) is 18.1. The van der Waals surface area contributed by atoms with Gasteiger partial charge in [-0.25, -0.2) is 0 Å². The highest BCUT2D eigenvalue weighted by molar-refractivity contribution is 6.31. The van der Waals surface area contributed by atoms with Gasteiger partial charge in [-0.05, 0) is 44.9 Å². The summed E-state index contributed by atoms with van der Waals surface area (Å²) >= 11 is 6.22. The molecule has 2 rings (SSSR count). The van der Waals surface area contributed by atoms with Crippen molar-refractivity contribution in [3.05, 3.63) is 28.8 Å². The maximum atomic E-state index is 11.9. The lowest BCUT2D eigenvalue weighted by atomic mass is 10.1. The van der Waals surface area contributed by atoms with Crippen LogP contribution in [0.4, 0.5) is 5.69 Å². The maximum Gasteiger partial charge on any atom is 0.310 e. The van der Waals surface area contributed by atoms with Gasteiger partial charge < -0.3 is 10.1 Å². The molecule has 2 N–H and O–H groups in total. The Bertz CT molecular complexity index is 667. The fraction of sp³-hybridized carbons (Fsp3) is 0.471. The first-order chi connectivity index (χ1) is 11.1. The minimum atomic E-state index is -0.545. The van der Waals surface area contributed by atoms with E-state index in [0.29, 0.717) is 29.1 Å². The SMILES string of the molecule is CC(C)(C)OC(=O)Cc1ccc(NC2CCC(=O)NC2=O)cc1Cl. The van der Waals surface area contributed by atoms with E-state index in [1.165, 1.54) is 0 Å². The molecular weight excluding hydrogens is 332 g/mol. The van der Waals surface area contributed by atoms with Crippen LogP contribution in [0, 0.1) is 0 Å². The van der Waals surface area contributed by atoms with Crippen molar-refractivity contribution in [2.75, 3.05) is 5.32 Å². The minimum Gasteiger partial charge on any atom is -0.460 e. The second kappa shape index (κ2) is 7.21. The Labute approximate surface area is 145 Å². The molecule has 0 radical (unpaired) electrons. The highest BCUT2D eigenvalue weighted by atomic mass is 35.5. The summed E-state index contributed by atoms with van der Waals surface area (Å²) in [6.07, 6.45) is 0.810. The fourth-order valence-electron chi connectivity index (χ4n) is 2.35. The first kappa shape index (κ1) is 18.3. The monoisotopic (exact) mass is 352 g/mol. The average molecular weight is 353 g/mol. The molecule has 130 valence electrons. The number of imide groups is 1. The van der Waals surface area contributed by atoms with E-state index in [0.717, 1.165) is 0 Å². The van der Waals surface area contributed by atoms with Crippen LogP contribution in [0.1, 0.15) is 39.2 Å². The van der Waals surface area contributed by atoms with E-state index in [1.54, 1.807) is 39.0 Å². The predicted molar refractivity (Wildman–Crippen MR) is 90.8 cm³/mol. The van der Waals surface area contributed by atoms with Crippen LogP contribution in [0.2, 0.25) is 5.02 Å². The van der Waals surface area contributed by atoms with Gasteiger partial charge in [-0.1, -0.05) is 17.7 Å². The lowest BCUT2D eigenvalue weighted by molar-refractivity contribution is -0.154. The third kappa shape index (κ3) is 5.23. The molecule has 1 atom stereocenters. The van der Waals surface area contributed by atoms with Crippen LogP contribution in [0.5, 0.6) is 0 Å². The Morgan fingerprint density at radius 1 is 1.38 bits per heavy atom. The van der Waals surface area contributed by atoms with Crippen LogP contribution in [0.15, 0.2) is 18.2 Å². The zero-order valence-electron chi connectivity index (χ0n) is 13.9. The molecule has 1 aliphatic rings. The molecule has 1 fully saturated rings. The van der Waals surface area contributed by atoms with Crippen molar-refractivity contribution < 1.29 is 19.1 Å². The molecule has 0 saturated carbocycles. The number of hydrogen-bond donors (Lipinski definition) is 2. The molecule has 1 unspecified atom stereocenters. The predicted octanol–water partition coefficient (Wildman–Crippen LogP) is 2.44. The largest absolute Gasteiger partial charge is 0.460 e. The third-order valence-electron chi connectivity index (χ3n) is 3.39. The summed E-state index contributed by atoms with van der Waals surface area (Å²) in [7, 11) is 0. The highest BCUT2D eigenvalue weighted by Crippen LogP contribution is 2.24. The van der Waals surface area contributed by atoms with Gasteiger partial charge >= 0.3 is 5.97 Å². The van der Waals surface area contributed by atoms with Gasteiger partial charge in [0.15, 0.2) is 0 Å². The van der Waals surface area contributed by atoms with E-state index < -0.39 is 11.6 Å². The lowest BCUT2D eigenvalue weighted by Gasteiger charge is -2.23. The number of esters is 1. The Morgan fingerprint density at radius 2 is 2.08 bits per heavy atom. The first-order valence-electron chi connectivity index (χ1n) is 7.74. The number of nitrogens with one attached hydrogen (secondary N) is 2. The topological polar surface area (TPSA) is 84.5 Å². The number of halogens is 1. The highest BCUT2D eigenvalue weighted by Gasteiger charge is 2.26. The molecule has 1 aromatic carbocycles. The molecule has 0 spiro atoms. The number of piperidine rings is 1. The van der Waals surface area contributed by atoms with Crippen molar-refractivity contribution in [1.29, 1.82) is 0 Å². The van der Waals surface area contributed by atoms with E-state index in [-0.39, 0.29) is 24.2 Å². The number of ether oxygens (including phenoxy) is 1. The summed E-state index contributed by atoms with van der Waals surface area (Å²) < 4.78 is 5.27. The zero-order chi connectivity index (χ0) is 17.9. The van der Waals surface area contributed by atoms with Gasteiger partial charge in [-0.3, -0.25) is 19.7 Å². The Kier molecular flexibility index (Phi) is 5.49. The quantitative estimate of drug-likeness (QED) is 0.642. The molecular formula is C17H21ClN2O4. The Balaban J connectivity index is 2.00. The van der Waals surface area contributed by atoms with Gasteiger partial charge in [0.1, 0.15) is 11.6 Å². The van der Waals surface area contributed by atoms with E-state index in [4.69, 9.17) is 16.3 Å². The second-order valence-electron chi connectivity index (χ2n) is 6.72. The van der Waals surface area contributed by atoms with Gasteiger partial charge in [0.05, 0.1) is 6.42 Å². The van der Waals surface area contributed by atoms with Crippen LogP contribution in [0.25, 0.3) is 0 Å². The van der Waals surface area contributed by atoms with Gasteiger partial charge in [-0.15, -0.1) is 0 Å². The summed E-state index contributed by atoms with van der Waals surface area (Å²) in [5.41, 5.74) is 0.763. The summed E-state index contributed by atoms with van der Waals surface area (Å²) in [5.74, 6) is -0.959. The van der Waals surface area contributed by atoms with Crippen molar-refractivity contribution in [2.45, 2.75) is 51.7 Å². The van der Waals surface area contributed by atoms with Crippen molar-refractivity contribution >= 4 is 35.1 Å². The minimum absolute atomic E-state index is 0.0782. The zero-order valence-corrected chi connectivity index (χ0v) is 14.7. The van der Waals surface area contributed by atoms with Gasteiger partial charge in [0.2, 0.25) is 11.8 Å². The van der Waals surface area contributed by atoms with Crippen LogP contribution < -0.4 is 10.6 Å². The number of amides is 2. The molecule has 0 aromatic heterocycles. The number of carbonyl (C=O) groups excluding carboxylic acids is 3. The number of anilines is 1. The van der Waals surface area contributed by atoms with E-state index in [1.807, 2.05) is 0 Å². The van der Waals surface area contributed by atoms with Crippen LogP contribution >= 0.6 is 11.6 Å². The van der Waals surface area contributed by atoms with Gasteiger partial charge in [0.25, 0.3) is 0 Å². The first-order valence-corrected chi connectivity index (χ1v) is 8.12. The summed E-state index contributed by atoms with van der Waals surface area (Å²) in [6.45, 7) is 5.42. The smallest absolute Gasteiger partial charge is 0.310 e. The van der Waals surface area contributed by atoms with Crippen molar-refractivity contribution in [1.82, 2.24) is 5.32 Å². The third-order valence-corrected chi connectivity index (χ3v) is 3.74. The number of hydrogen-bond acceptors (Lipinski definition) is 5.